The predicted molar refractivity (Wildman–Crippen MR) is 371 cm³/mol. The van der Waals surface area contributed by atoms with Gasteiger partial charge in [-0.25, -0.2) is 4.57 Å². The third-order valence-electron chi connectivity index (χ3n) is 12.5. The summed E-state index contributed by atoms with van der Waals surface area (Å²) in [5.41, 5.74) is 0. The molecule has 0 rings (SSSR count). The van der Waals surface area contributed by atoms with Crippen LogP contribution in [0.2, 0.25) is 0 Å². The molecule has 0 bridgehead atoms. The van der Waals surface area contributed by atoms with Crippen molar-refractivity contribution >= 4 is 19.8 Å². The number of nitrogens with zero attached hydrogens (tertiary/aromatic N) is 1. The zero-order valence-corrected chi connectivity index (χ0v) is 55.1. The van der Waals surface area contributed by atoms with Crippen molar-refractivity contribution in [2.75, 3.05) is 47.5 Å². The van der Waals surface area contributed by atoms with E-state index in [1.165, 1.54) is 0 Å². The molecule has 0 aromatic carbocycles. The van der Waals surface area contributed by atoms with Crippen LogP contribution in [0.1, 0.15) is 194 Å². The van der Waals surface area contributed by atoms with Gasteiger partial charge in [0.15, 0.2) is 6.10 Å². The molecule has 86 heavy (non-hydrogen) atoms. The van der Waals surface area contributed by atoms with Crippen LogP contribution < -0.4 is 0 Å². The molecule has 0 aliphatic heterocycles. The van der Waals surface area contributed by atoms with Crippen molar-refractivity contribution in [3.63, 3.8) is 0 Å². The highest BCUT2D eigenvalue weighted by atomic mass is 31.2. The molecule has 2 unspecified atom stereocenters. The fourth-order valence-electron chi connectivity index (χ4n) is 7.59. The molecule has 0 aliphatic carbocycles. The molecule has 2 atom stereocenters. The zero-order valence-electron chi connectivity index (χ0n) is 54.2. The Bertz CT molecular complexity index is 2250. The van der Waals surface area contributed by atoms with Gasteiger partial charge in [-0.05, 0) is 154 Å². The molecule has 0 radical (unpaired) electrons. The number of quaternary nitrogens is 1. The van der Waals surface area contributed by atoms with E-state index >= 15 is 0 Å². The highest BCUT2D eigenvalue weighted by molar-refractivity contribution is 7.47. The fraction of sp³-hybridized carbons (Fsp3) is 0.500. The summed E-state index contributed by atoms with van der Waals surface area (Å²) >= 11 is 0. The third kappa shape index (κ3) is 67.5. The Morgan fingerprint density at radius 3 is 0.907 bits per heavy atom. The summed E-state index contributed by atoms with van der Waals surface area (Å²) in [6, 6.07) is 0. The smallest absolute Gasteiger partial charge is 0.462 e. The molecule has 0 saturated heterocycles. The second kappa shape index (κ2) is 63.8. The number of unbranched alkanes of at least 4 members (excludes halogenated alkanes) is 6. The number of phosphoric ester groups is 1. The third-order valence-corrected chi connectivity index (χ3v) is 13.5. The first-order chi connectivity index (χ1) is 42.0. The number of likely N-dealkylation sites (N-methyl/N-ethyl adjacent to an activating group) is 1. The van der Waals surface area contributed by atoms with Gasteiger partial charge in [0.1, 0.15) is 19.8 Å². The molecule has 0 aliphatic rings. The van der Waals surface area contributed by atoms with Gasteiger partial charge in [-0.1, -0.05) is 245 Å². The summed E-state index contributed by atoms with van der Waals surface area (Å²) in [6.07, 6.45) is 103. The van der Waals surface area contributed by atoms with Gasteiger partial charge >= 0.3 is 19.8 Å². The Morgan fingerprint density at radius 1 is 0.360 bits per heavy atom. The van der Waals surface area contributed by atoms with Gasteiger partial charge in [-0.3, -0.25) is 18.6 Å². The molecule has 0 saturated carbocycles. The molecule has 0 amide bonds. The molecule has 0 aromatic heterocycles. The van der Waals surface area contributed by atoms with Crippen LogP contribution in [0.3, 0.4) is 0 Å². The number of carbonyl (C=O) groups excluding carboxylic acids is 2. The van der Waals surface area contributed by atoms with Crippen molar-refractivity contribution in [1.29, 1.82) is 0 Å². The van der Waals surface area contributed by atoms with Crippen molar-refractivity contribution < 1.29 is 42.1 Å². The largest absolute Gasteiger partial charge is 0.472 e. The molecule has 478 valence electrons. The Balaban J connectivity index is 4.35. The van der Waals surface area contributed by atoms with Gasteiger partial charge in [0.25, 0.3) is 0 Å². The van der Waals surface area contributed by atoms with Crippen molar-refractivity contribution in [2.45, 2.75) is 200 Å². The minimum Gasteiger partial charge on any atom is -0.462 e. The highest BCUT2D eigenvalue weighted by Crippen LogP contribution is 2.43. The summed E-state index contributed by atoms with van der Waals surface area (Å²) in [4.78, 5) is 35.8. The van der Waals surface area contributed by atoms with Gasteiger partial charge < -0.3 is 18.9 Å². The topological polar surface area (TPSA) is 108 Å². The summed E-state index contributed by atoms with van der Waals surface area (Å²) in [5.74, 6) is -0.897. The summed E-state index contributed by atoms with van der Waals surface area (Å²) in [6.45, 7) is 4.08. The van der Waals surface area contributed by atoms with Crippen molar-refractivity contribution in [3.05, 3.63) is 219 Å². The van der Waals surface area contributed by atoms with E-state index < -0.39 is 32.5 Å². The Kier molecular flexibility index (Phi) is 59.6. The first kappa shape index (κ1) is 80.3. The Hall–Kier alpha value is -5.67. The van der Waals surface area contributed by atoms with Crippen LogP contribution in [0.15, 0.2) is 219 Å². The first-order valence-corrected chi connectivity index (χ1v) is 34.0. The maximum Gasteiger partial charge on any atom is 0.472 e. The molecular weight excluding hydrogens is 1090 g/mol. The van der Waals surface area contributed by atoms with E-state index in [4.69, 9.17) is 18.5 Å². The number of ether oxygens (including phenoxy) is 2. The van der Waals surface area contributed by atoms with E-state index in [2.05, 4.69) is 233 Å². The van der Waals surface area contributed by atoms with Crippen LogP contribution in [0.25, 0.3) is 0 Å². The van der Waals surface area contributed by atoms with Crippen LogP contribution in [-0.4, -0.2) is 74.9 Å². The zero-order chi connectivity index (χ0) is 62.6. The van der Waals surface area contributed by atoms with Gasteiger partial charge in [-0.2, -0.15) is 0 Å². The van der Waals surface area contributed by atoms with E-state index in [1.54, 1.807) is 0 Å². The molecule has 0 heterocycles. The van der Waals surface area contributed by atoms with Crippen LogP contribution >= 0.6 is 7.82 Å². The van der Waals surface area contributed by atoms with Crippen LogP contribution in [0.4, 0.5) is 0 Å². The lowest BCUT2D eigenvalue weighted by atomic mass is 10.1. The van der Waals surface area contributed by atoms with Crippen LogP contribution in [0, 0.1) is 0 Å². The van der Waals surface area contributed by atoms with Gasteiger partial charge in [0, 0.05) is 12.8 Å². The van der Waals surface area contributed by atoms with Crippen molar-refractivity contribution in [1.82, 2.24) is 0 Å². The highest BCUT2D eigenvalue weighted by Gasteiger charge is 2.27. The summed E-state index contributed by atoms with van der Waals surface area (Å²) in [7, 11) is 1.39. The number of carbonyl (C=O) groups is 2. The second-order valence-corrected chi connectivity index (χ2v) is 23.1. The lowest BCUT2D eigenvalue weighted by molar-refractivity contribution is -0.870. The number of hydrogen-bond acceptors (Lipinski definition) is 7. The fourth-order valence-corrected chi connectivity index (χ4v) is 8.33. The van der Waals surface area contributed by atoms with Gasteiger partial charge in [0.2, 0.25) is 0 Å². The van der Waals surface area contributed by atoms with Crippen molar-refractivity contribution in [3.8, 4) is 0 Å². The maximum atomic E-state index is 12.8. The number of allylic oxidation sites excluding steroid dienone is 36. The Morgan fingerprint density at radius 2 is 0.628 bits per heavy atom. The minimum atomic E-state index is -4.43. The first-order valence-electron chi connectivity index (χ1n) is 32.5. The summed E-state index contributed by atoms with van der Waals surface area (Å²) < 4.78 is 34.5. The Labute approximate surface area is 525 Å². The molecule has 10 heteroatoms. The normalized spacial score (nSPS) is 14.6. The molecule has 0 fully saturated rings. The molecule has 0 spiro atoms. The monoisotopic (exact) mass is 1200 g/mol. The summed E-state index contributed by atoms with van der Waals surface area (Å²) in [5, 5.41) is 0. The quantitative estimate of drug-likeness (QED) is 0.0211. The van der Waals surface area contributed by atoms with E-state index in [9.17, 15) is 19.0 Å². The molecular formula is C76H117NO8P+. The van der Waals surface area contributed by atoms with Crippen LogP contribution in [-0.2, 0) is 32.7 Å². The van der Waals surface area contributed by atoms with Gasteiger partial charge in [0.05, 0.1) is 27.7 Å². The van der Waals surface area contributed by atoms with E-state index in [0.717, 1.165) is 154 Å². The minimum absolute atomic E-state index is 0.00497. The molecule has 1 N–H and O–H groups in total. The molecule has 0 aromatic rings. The number of rotatable bonds is 56. The standard InChI is InChI=1S/C76H116NO8P/c1-6-8-10-12-14-16-18-20-22-24-26-28-30-32-34-36-38-40-42-44-46-48-50-52-54-56-58-60-62-64-66-68-75(78)82-72-74(73-84-86(80,81)83-71-70-77(3,4)5)85-76(79)69-67-65-63-61-59-57-55-53-51-49-47-45-43-41-39-37-35-33-31-29-27-25-23-21-19-17-15-13-11-9-7-2/h8-11,14-17,20-23,26-29,32-35,38-41,44-47,50-53,56-59,74H,6-7,12-13,18-19,24-25,30-31,36-37,42-43,48-49,54-55,60-73H2,1-5H3/p+1/b10-8-,11-9-,16-14-,17-15-,22-20-,23-21-,28-26-,29-27-,34-32-,35-33-,40-38-,41-39-,46-44-,47-45-,52-50-,53-51-,58-56-,59-57-. The van der Waals surface area contributed by atoms with Crippen molar-refractivity contribution in [2.24, 2.45) is 0 Å². The number of hydrogen-bond donors (Lipinski definition) is 1. The lowest BCUT2D eigenvalue weighted by Crippen LogP contribution is -2.37. The SMILES string of the molecule is CC/C=C\C/C=C\C/C=C\C/C=C\C/C=C\C/C=C\C/C=C\C/C=C\C/C=C\CCCCCC(=O)OCC(COP(=O)(O)OCC[N+](C)(C)C)OC(=O)CCCCC/C=C\C/C=C\C/C=C\C/C=C\C/C=C\C/C=C\C/C=C\C/C=C\C/C=C\CC. The second-order valence-electron chi connectivity index (χ2n) is 21.7. The average molecular weight is 1200 g/mol. The molecule has 9 nitrogen and oxygen atoms in total. The number of phosphoric acid groups is 1. The lowest BCUT2D eigenvalue weighted by Gasteiger charge is -2.24. The van der Waals surface area contributed by atoms with Gasteiger partial charge in [-0.15, -0.1) is 0 Å². The van der Waals surface area contributed by atoms with Crippen LogP contribution in [0.5, 0.6) is 0 Å². The maximum absolute atomic E-state index is 12.8. The van der Waals surface area contributed by atoms with E-state index in [0.29, 0.717) is 23.9 Å². The number of esters is 2. The predicted octanol–water partition coefficient (Wildman–Crippen LogP) is 21.3. The average Bonchev–Trinajstić information content (AvgIpc) is 3.64. The van der Waals surface area contributed by atoms with E-state index in [-0.39, 0.29) is 26.1 Å². The van der Waals surface area contributed by atoms with E-state index in [1.807, 2.05) is 21.1 Å².